The van der Waals surface area contributed by atoms with Crippen LogP contribution in [0.5, 0.6) is 0 Å². The summed E-state index contributed by atoms with van der Waals surface area (Å²) in [7, 11) is 0. The molecule has 5 heteroatoms. The molecule has 0 unspecified atom stereocenters. The van der Waals surface area contributed by atoms with Crippen molar-refractivity contribution in [3.05, 3.63) is 35.9 Å². The second-order valence-electron chi connectivity index (χ2n) is 7.39. The van der Waals surface area contributed by atoms with Crippen LogP contribution in [0.15, 0.2) is 30.3 Å². The number of nitrogens with zero attached hydrogens (tertiary/aromatic N) is 2. The number of likely N-dealkylation sites (tertiary alicyclic amines) is 2. The van der Waals surface area contributed by atoms with Gasteiger partial charge >= 0.3 is 5.97 Å². The van der Waals surface area contributed by atoms with Crippen molar-refractivity contribution in [1.82, 2.24) is 9.80 Å². The van der Waals surface area contributed by atoms with Gasteiger partial charge in [0.1, 0.15) is 0 Å². The third-order valence-electron chi connectivity index (χ3n) is 5.55. The number of hydrogen-bond acceptors (Lipinski definition) is 4. The van der Waals surface area contributed by atoms with Gasteiger partial charge in [-0.15, -0.1) is 0 Å². The van der Waals surface area contributed by atoms with Gasteiger partial charge in [-0.05, 0) is 51.1 Å². The Hall–Kier alpha value is -1.88. The first-order valence-electron chi connectivity index (χ1n) is 9.89. The van der Waals surface area contributed by atoms with Crippen molar-refractivity contribution in [2.24, 2.45) is 5.92 Å². The molecule has 0 aliphatic carbocycles. The normalized spacial score (nSPS) is 23.8. The molecule has 1 aromatic rings. The highest BCUT2D eigenvalue weighted by atomic mass is 16.5. The van der Waals surface area contributed by atoms with E-state index in [0.29, 0.717) is 25.7 Å². The number of hydrogen-bond donors (Lipinski definition) is 0. The molecule has 2 aliphatic rings. The van der Waals surface area contributed by atoms with E-state index in [1.165, 1.54) is 5.56 Å². The maximum Gasteiger partial charge on any atom is 0.310 e. The number of ether oxygens (including phenoxy) is 1. The average molecular weight is 358 g/mol. The van der Waals surface area contributed by atoms with Gasteiger partial charge in [-0.1, -0.05) is 30.3 Å². The Morgan fingerprint density at radius 2 is 1.88 bits per heavy atom. The SMILES string of the molecule is CCOC(=O)[C@H]1CCCN(C(=O)CN2CCC[C@@H]2Cc2ccccc2)C1. The lowest BCUT2D eigenvalue weighted by atomic mass is 9.98. The minimum atomic E-state index is -0.161. The molecule has 2 saturated heterocycles. The lowest BCUT2D eigenvalue weighted by molar-refractivity contribution is -0.151. The highest BCUT2D eigenvalue weighted by Gasteiger charge is 2.32. The maximum atomic E-state index is 12.8. The van der Waals surface area contributed by atoms with Crippen LogP contribution in [-0.2, 0) is 20.7 Å². The predicted octanol–water partition coefficient (Wildman–Crippen LogP) is 2.50. The molecule has 2 atom stereocenters. The Balaban J connectivity index is 1.54. The van der Waals surface area contributed by atoms with Crippen LogP contribution in [-0.4, -0.2) is 60.5 Å². The molecule has 0 N–H and O–H groups in total. The molecule has 1 amide bonds. The van der Waals surface area contributed by atoms with Crippen LogP contribution in [0.25, 0.3) is 0 Å². The summed E-state index contributed by atoms with van der Waals surface area (Å²) in [5.74, 6) is -0.168. The number of rotatable bonds is 6. The van der Waals surface area contributed by atoms with E-state index in [2.05, 4.69) is 29.2 Å². The molecule has 142 valence electrons. The van der Waals surface area contributed by atoms with Gasteiger partial charge in [-0.3, -0.25) is 14.5 Å². The van der Waals surface area contributed by atoms with Crippen LogP contribution in [0.3, 0.4) is 0 Å². The quantitative estimate of drug-likeness (QED) is 0.733. The van der Waals surface area contributed by atoms with E-state index in [0.717, 1.165) is 45.2 Å². The Kier molecular flexibility index (Phi) is 6.67. The van der Waals surface area contributed by atoms with E-state index in [9.17, 15) is 9.59 Å². The molecule has 0 aromatic heterocycles. The Bertz CT molecular complexity index is 605. The van der Waals surface area contributed by atoms with Crippen molar-refractivity contribution in [3.63, 3.8) is 0 Å². The highest BCUT2D eigenvalue weighted by Crippen LogP contribution is 2.23. The van der Waals surface area contributed by atoms with E-state index in [-0.39, 0.29) is 17.8 Å². The van der Waals surface area contributed by atoms with Gasteiger partial charge in [0.15, 0.2) is 0 Å². The van der Waals surface area contributed by atoms with Gasteiger partial charge in [0, 0.05) is 19.1 Å². The minimum Gasteiger partial charge on any atom is -0.466 e. The van der Waals surface area contributed by atoms with Crippen molar-refractivity contribution in [2.75, 3.05) is 32.8 Å². The molecule has 26 heavy (non-hydrogen) atoms. The molecule has 2 heterocycles. The third kappa shape index (κ3) is 4.85. The molecule has 0 bridgehead atoms. The van der Waals surface area contributed by atoms with Gasteiger partial charge < -0.3 is 9.64 Å². The summed E-state index contributed by atoms with van der Waals surface area (Å²) >= 11 is 0. The predicted molar refractivity (Wildman–Crippen MR) is 101 cm³/mol. The summed E-state index contributed by atoms with van der Waals surface area (Å²) in [6.07, 6.45) is 5.00. The van der Waals surface area contributed by atoms with E-state index >= 15 is 0 Å². The molecule has 0 spiro atoms. The Morgan fingerprint density at radius 1 is 1.12 bits per heavy atom. The molecule has 0 radical (unpaired) electrons. The first kappa shape index (κ1) is 18.9. The number of piperidine rings is 1. The lowest BCUT2D eigenvalue weighted by Gasteiger charge is -2.33. The number of carbonyl (C=O) groups is 2. The van der Waals surface area contributed by atoms with Crippen molar-refractivity contribution >= 4 is 11.9 Å². The second kappa shape index (κ2) is 9.17. The third-order valence-corrected chi connectivity index (χ3v) is 5.55. The van der Waals surface area contributed by atoms with E-state index in [1.54, 1.807) is 0 Å². The van der Waals surface area contributed by atoms with Crippen molar-refractivity contribution < 1.29 is 14.3 Å². The maximum absolute atomic E-state index is 12.8. The molecule has 2 aliphatic heterocycles. The summed E-state index contributed by atoms with van der Waals surface area (Å²) in [5, 5.41) is 0. The second-order valence-corrected chi connectivity index (χ2v) is 7.39. The fraction of sp³-hybridized carbons (Fsp3) is 0.619. The zero-order valence-electron chi connectivity index (χ0n) is 15.7. The summed E-state index contributed by atoms with van der Waals surface area (Å²) in [6.45, 7) is 4.94. The summed E-state index contributed by atoms with van der Waals surface area (Å²) in [4.78, 5) is 29.0. The fourth-order valence-corrected chi connectivity index (χ4v) is 4.15. The van der Waals surface area contributed by atoms with Crippen LogP contribution in [0.2, 0.25) is 0 Å². The zero-order valence-corrected chi connectivity index (χ0v) is 15.7. The summed E-state index contributed by atoms with van der Waals surface area (Å²) in [5.41, 5.74) is 1.33. The van der Waals surface area contributed by atoms with Crippen molar-refractivity contribution in [3.8, 4) is 0 Å². The molecule has 3 rings (SSSR count). The lowest BCUT2D eigenvalue weighted by Crippen LogP contribution is -2.47. The number of esters is 1. The number of amides is 1. The van der Waals surface area contributed by atoms with Crippen LogP contribution in [0, 0.1) is 5.92 Å². The first-order valence-corrected chi connectivity index (χ1v) is 9.89. The van der Waals surface area contributed by atoms with Gasteiger partial charge in [0.25, 0.3) is 0 Å². The van der Waals surface area contributed by atoms with Crippen LogP contribution >= 0.6 is 0 Å². The topological polar surface area (TPSA) is 49.9 Å². The minimum absolute atomic E-state index is 0.152. The van der Waals surface area contributed by atoms with Crippen molar-refractivity contribution in [1.29, 1.82) is 0 Å². The van der Waals surface area contributed by atoms with Gasteiger partial charge in [0.2, 0.25) is 5.91 Å². The van der Waals surface area contributed by atoms with Crippen molar-refractivity contribution in [2.45, 2.75) is 45.1 Å². The van der Waals surface area contributed by atoms with Gasteiger partial charge in [0.05, 0.1) is 19.1 Å². The number of carbonyl (C=O) groups excluding carboxylic acids is 2. The number of benzene rings is 1. The van der Waals surface area contributed by atoms with Crippen LogP contribution < -0.4 is 0 Å². The van der Waals surface area contributed by atoms with Gasteiger partial charge in [-0.2, -0.15) is 0 Å². The van der Waals surface area contributed by atoms with Crippen LogP contribution in [0.1, 0.15) is 38.2 Å². The largest absolute Gasteiger partial charge is 0.466 e. The smallest absolute Gasteiger partial charge is 0.310 e. The molecule has 5 nitrogen and oxygen atoms in total. The molecule has 0 saturated carbocycles. The standard InChI is InChI=1S/C21H30N2O3/c1-2-26-21(25)18-10-6-13-23(15-18)20(24)16-22-12-7-11-19(22)14-17-8-4-3-5-9-17/h3-5,8-9,18-19H,2,6-7,10-16H2,1H3/t18-,19+/m0/s1. The van der Waals surface area contributed by atoms with E-state index in [4.69, 9.17) is 4.74 Å². The fourth-order valence-electron chi connectivity index (χ4n) is 4.15. The monoisotopic (exact) mass is 358 g/mol. The molecule has 1 aromatic carbocycles. The average Bonchev–Trinajstić information content (AvgIpc) is 3.09. The summed E-state index contributed by atoms with van der Waals surface area (Å²) in [6, 6.07) is 10.9. The zero-order chi connectivity index (χ0) is 18.4. The summed E-state index contributed by atoms with van der Waals surface area (Å²) < 4.78 is 5.14. The molecule has 2 fully saturated rings. The first-order chi connectivity index (χ1) is 12.7. The van der Waals surface area contributed by atoms with E-state index in [1.807, 2.05) is 17.9 Å². The highest BCUT2D eigenvalue weighted by molar-refractivity contribution is 5.80. The molecular formula is C21H30N2O3. The van der Waals surface area contributed by atoms with Gasteiger partial charge in [-0.25, -0.2) is 0 Å². The Morgan fingerprint density at radius 3 is 2.65 bits per heavy atom. The van der Waals surface area contributed by atoms with E-state index < -0.39 is 0 Å². The van der Waals surface area contributed by atoms with Crippen LogP contribution in [0.4, 0.5) is 0 Å². The Labute approximate surface area is 156 Å². The molecular weight excluding hydrogens is 328 g/mol.